The number of halogens is 1. The van der Waals surface area contributed by atoms with Gasteiger partial charge in [-0.05, 0) is 67.8 Å². The number of carbonyl (C=O) groups excluding carboxylic acids is 2. The highest BCUT2D eigenvalue weighted by Crippen LogP contribution is 2.25. The standard InChI is InChI=1S/C26H26FN3O2/c1-18-10-11-19(2)21(14-18)17-29-12-5-13-30(26(29)32)24-9-4-8-23(16-24)28-25(31)20-6-3-7-22(27)15-20/h3-4,6-11,14-16H,5,12-13,17H2,1-2H3,(H,28,31). The molecule has 3 amide bonds. The van der Waals surface area contributed by atoms with Crippen molar-refractivity contribution in [1.82, 2.24) is 4.90 Å². The molecule has 1 N–H and O–H groups in total. The maximum absolute atomic E-state index is 13.4. The van der Waals surface area contributed by atoms with Gasteiger partial charge in [0.25, 0.3) is 5.91 Å². The Morgan fingerprint density at radius 3 is 2.62 bits per heavy atom. The molecule has 1 fully saturated rings. The third-order valence-electron chi connectivity index (χ3n) is 5.68. The van der Waals surface area contributed by atoms with Crippen molar-refractivity contribution in [3.8, 4) is 0 Å². The molecule has 3 aromatic carbocycles. The molecule has 6 heteroatoms. The summed E-state index contributed by atoms with van der Waals surface area (Å²) in [6, 6.07) is 19.0. The molecule has 0 atom stereocenters. The van der Waals surface area contributed by atoms with Crippen LogP contribution in [0.2, 0.25) is 0 Å². The normalized spacial score (nSPS) is 13.9. The van der Waals surface area contributed by atoms with Crippen molar-refractivity contribution in [2.24, 2.45) is 0 Å². The molecule has 3 aromatic rings. The van der Waals surface area contributed by atoms with Gasteiger partial charge in [-0.3, -0.25) is 9.69 Å². The zero-order valence-electron chi connectivity index (χ0n) is 18.3. The number of benzene rings is 3. The lowest BCUT2D eigenvalue weighted by Gasteiger charge is -2.36. The van der Waals surface area contributed by atoms with Crippen molar-refractivity contribution < 1.29 is 14.0 Å². The van der Waals surface area contributed by atoms with Crippen LogP contribution in [-0.2, 0) is 6.54 Å². The minimum absolute atomic E-state index is 0.0502. The van der Waals surface area contributed by atoms with Gasteiger partial charge in [0.1, 0.15) is 5.82 Å². The van der Waals surface area contributed by atoms with Crippen LogP contribution < -0.4 is 10.2 Å². The van der Waals surface area contributed by atoms with Crippen molar-refractivity contribution in [3.05, 3.63) is 94.8 Å². The Bertz CT molecular complexity index is 1160. The Kier molecular flexibility index (Phi) is 6.21. The number of carbonyl (C=O) groups is 2. The first kappa shape index (κ1) is 21.6. The number of nitrogens with one attached hydrogen (secondary N) is 1. The average Bonchev–Trinajstić information content (AvgIpc) is 2.78. The van der Waals surface area contributed by atoms with Crippen LogP contribution in [0.15, 0.2) is 66.7 Å². The summed E-state index contributed by atoms with van der Waals surface area (Å²) in [5.41, 5.74) is 5.01. The Morgan fingerprint density at radius 1 is 1.00 bits per heavy atom. The Hall–Kier alpha value is -3.67. The molecule has 0 spiro atoms. The molecule has 0 radical (unpaired) electrons. The summed E-state index contributed by atoms with van der Waals surface area (Å²) in [6.07, 6.45) is 0.858. The van der Waals surface area contributed by atoms with Crippen LogP contribution in [-0.4, -0.2) is 29.9 Å². The van der Waals surface area contributed by atoms with E-state index in [1.807, 2.05) is 11.0 Å². The summed E-state index contributed by atoms with van der Waals surface area (Å²) >= 11 is 0. The summed E-state index contributed by atoms with van der Waals surface area (Å²) in [7, 11) is 0. The first-order chi connectivity index (χ1) is 15.4. The van der Waals surface area contributed by atoms with Crippen LogP contribution >= 0.6 is 0 Å². The number of hydrogen-bond acceptors (Lipinski definition) is 2. The van der Waals surface area contributed by atoms with Gasteiger partial charge in [-0.2, -0.15) is 0 Å². The monoisotopic (exact) mass is 431 g/mol. The van der Waals surface area contributed by atoms with Gasteiger partial charge in [-0.15, -0.1) is 0 Å². The highest BCUT2D eigenvalue weighted by molar-refractivity contribution is 6.04. The Balaban J connectivity index is 1.50. The number of amides is 3. The highest BCUT2D eigenvalue weighted by atomic mass is 19.1. The van der Waals surface area contributed by atoms with Crippen LogP contribution in [0, 0.1) is 19.7 Å². The van der Waals surface area contributed by atoms with E-state index in [1.165, 1.54) is 29.3 Å². The van der Waals surface area contributed by atoms with Crippen LogP contribution in [0.4, 0.5) is 20.6 Å². The lowest BCUT2D eigenvalue weighted by molar-refractivity contribution is 0.102. The molecule has 32 heavy (non-hydrogen) atoms. The van der Waals surface area contributed by atoms with Crippen LogP contribution in [0.5, 0.6) is 0 Å². The summed E-state index contributed by atoms with van der Waals surface area (Å²) < 4.78 is 13.4. The molecule has 5 nitrogen and oxygen atoms in total. The van der Waals surface area contributed by atoms with E-state index in [1.54, 1.807) is 29.2 Å². The largest absolute Gasteiger partial charge is 0.324 e. The fourth-order valence-corrected chi connectivity index (χ4v) is 3.93. The number of aryl methyl sites for hydroxylation is 2. The summed E-state index contributed by atoms with van der Waals surface area (Å²) in [4.78, 5) is 29.3. The molecule has 1 saturated heterocycles. The zero-order valence-corrected chi connectivity index (χ0v) is 18.3. The van der Waals surface area contributed by atoms with E-state index in [9.17, 15) is 14.0 Å². The first-order valence-electron chi connectivity index (χ1n) is 10.7. The average molecular weight is 432 g/mol. The summed E-state index contributed by atoms with van der Waals surface area (Å²) in [6.45, 7) is 6.00. The number of rotatable bonds is 5. The van der Waals surface area contributed by atoms with Gasteiger partial charge in [0.2, 0.25) is 0 Å². The second kappa shape index (κ2) is 9.22. The lowest BCUT2D eigenvalue weighted by atomic mass is 10.0. The van der Waals surface area contributed by atoms with Gasteiger partial charge >= 0.3 is 6.03 Å². The molecule has 0 aromatic heterocycles. The van der Waals surface area contributed by atoms with Gasteiger partial charge in [0, 0.05) is 36.6 Å². The number of anilines is 2. The van der Waals surface area contributed by atoms with E-state index < -0.39 is 11.7 Å². The maximum atomic E-state index is 13.4. The molecule has 0 aliphatic carbocycles. The van der Waals surface area contributed by atoms with Crippen molar-refractivity contribution in [1.29, 1.82) is 0 Å². The topological polar surface area (TPSA) is 52.6 Å². The molecule has 164 valence electrons. The van der Waals surface area contributed by atoms with E-state index in [0.29, 0.717) is 25.3 Å². The number of urea groups is 1. The quantitative estimate of drug-likeness (QED) is 0.578. The van der Waals surface area contributed by atoms with E-state index in [-0.39, 0.29) is 11.6 Å². The van der Waals surface area contributed by atoms with Gasteiger partial charge < -0.3 is 10.2 Å². The molecule has 0 bridgehead atoms. The third-order valence-corrected chi connectivity index (χ3v) is 5.68. The SMILES string of the molecule is Cc1ccc(C)c(CN2CCCN(c3cccc(NC(=O)c4cccc(F)c4)c3)C2=O)c1. The minimum atomic E-state index is -0.464. The van der Waals surface area contributed by atoms with E-state index >= 15 is 0 Å². The summed E-state index contributed by atoms with van der Waals surface area (Å²) in [5, 5.41) is 2.79. The van der Waals surface area contributed by atoms with Crippen molar-refractivity contribution >= 4 is 23.3 Å². The van der Waals surface area contributed by atoms with Crippen molar-refractivity contribution in [2.75, 3.05) is 23.3 Å². The van der Waals surface area contributed by atoms with E-state index in [4.69, 9.17) is 0 Å². The second-order valence-corrected chi connectivity index (χ2v) is 8.15. The van der Waals surface area contributed by atoms with Gasteiger partial charge in [-0.1, -0.05) is 35.9 Å². The van der Waals surface area contributed by atoms with Crippen LogP contribution in [0.1, 0.15) is 33.5 Å². The molecular weight excluding hydrogens is 405 g/mol. The van der Waals surface area contributed by atoms with E-state index in [0.717, 1.165) is 17.7 Å². The molecule has 4 rings (SSSR count). The lowest BCUT2D eigenvalue weighted by Crippen LogP contribution is -2.49. The van der Waals surface area contributed by atoms with Gasteiger partial charge in [-0.25, -0.2) is 9.18 Å². The van der Waals surface area contributed by atoms with Gasteiger partial charge in [0.15, 0.2) is 0 Å². The molecule has 0 saturated carbocycles. The molecule has 0 unspecified atom stereocenters. The Morgan fingerprint density at radius 2 is 1.81 bits per heavy atom. The predicted molar refractivity (Wildman–Crippen MR) is 124 cm³/mol. The third kappa shape index (κ3) is 4.80. The van der Waals surface area contributed by atoms with Crippen molar-refractivity contribution in [2.45, 2.75) is 26.8 Å². The smallest absolute Gasteiger partial charge is 0.322 e. The molecular formula is C26H26FN3O2. The number of nitrogens with zero attached hydrogens (tertiary/aromatic N) is 2. The van der Waals surface area contributed by atoms with Gasteiger partial charge in [0.05, 0.1) is 0 Å². The maximum Gasteiger partial charge on any atom is 0.324 e. The van der Waals surface area contributed by atoms with E-state index in [2.05, 4.69) is 37.4 Å². The Labute approximate surface area is 187 Å². The summed E-state index contributed by atoms with van der Waals surface area (Å²) in [5.74, 6) is -0.863. The van der Waals surface area contributed by atoms with Crippen LogP contribution in [0.3, 0.4) is 0 Å². The second-order valence-electron chi connectivity index (χ2n) is 8.15. The van der Waals surface area contributed by atoms with Crippen molar-refractivity contribution in [3.63, 3.8) is 0 Å². The highest BCUT2D eigenvalue weighted by Gasteiger charge is 2.27. The molecule has 1 heterocycles. The van der Waals surface area contributed by atoms with Crippen LogP contribution in [0.25, 0.3) is 0 Å². The molecule has 1 aliphatic rings. The first-order valence-corrected chi connectivity index (χ1v) is 10.7. The zero-order chi connectivity index (χ0) is 22.7. The fourth-order valence-electron chi connectivity index (χ4n) is 3.93. The number of hydrogen-bond donors (Lipinski definition) is 1. The minimum Gasteiger partial charge on any atom is -0.322 e. The molecule has 1 aliphatic heterocycles. The fraction of sp³-hybridized carbons (Fsp3) is 0.231. The predicted octanol–water partition coefficient (Wildman–Crippen LogP) is 5.53.